The fraction of sp³-hybridized carbons (Fsp3) is 0.400. The van der Waals surface area contributed by atoms with Crippen molar-refractivity contribution in [2.24, 2.45) is 5.92 Å². The van der Waals surface area contributed by atoms with Crippen LogP contribution in [-0.2, 0) is 6.54 Å². The number of anilines is 1. The third-order valence-corrected chi connectivity index (χ3v) is 5.79. The zero-order valence-electron chi connectivity index (χ0n) is 15.2. The molecule has 0 aliphatic heterocycles. The first-order chi connectivity index (χ1) is 13.5. The van der Waals surface area contributed by atoms with E-state index in [0.717, 1.165) is 31.2 Å². The van der Waals surface area contributed by atoms with Crippen LogP contribution in [0.4, 0.5) is 10.6 Å². The largest absolute Gasteiger partial charge is 0.465 e. The summed E-state index contributed by atoms with van der Waals surface area (Å²) in [5.74, 6) is 0.855. The lowest BCUT2D eigenvalue weighted by atomic mass is 9.98. The van der Waals surface area contributed by atoms with Crippen molar-refractivity contribution < 1.29 is 9.90 Å². The van der Waals surface area contributed by atoms with Crippen LogP contribution in [0.5, 0.6) is 0 Å². The number of halogens is 1. The molecule has 0 radical (unpaired) electrons. The molecule has 2 aliphatic carbocycles. The molecule has 1 heterocycles. The lowest BCUT2D eigenvalue weighted by Gasteiger charge is -2.37. The molecule has 2 aliphatic rings. The molecule has 8 heteroatoms. The number of hydrogen-bond donors (Lipinski definition) is 2. The van der Waals surface area contributed by atoms with Crippen molar-refractivity contribution in [2.45, 2.75) is 43.8 Å². The van der Waals surface area contributed by atoms with Gasteiger partial charge in [-0.25, -0.2) is 14.8 Å². The van der Waals surface area contributed by atoms with Gasteiger partial charge in [-0.15, -0.1) is 0 Å². The van der Waals surface area contributed by atoms with Gasteiger partial charge >= 0.3 is 6.09 Å². The van der Waals surface area contributed by atoms with E-state index in [0.29, 0.717) is 18.3 Å². The Morgan fingerprint density at radius 1 is 1.39 bits per heavy atom. The van der Waals surface area contributed by atoms with Crippen molar-refractivity contribution >= 4 is 23.5 Å². The molecule has 2 fully saturated rings. The van der Waals surface area contributed by atoms with E-state index in [1.165, 1.54) is 6.20 Å². The summed E-state index contributed by atoms with van der Waals surface area (Å²) in [6.07, 6.45) is 4.27. The number of aromatic nitrogens is 2. The van der Waals surface area contributed by atoms with Crippen LogP contribution >= 0.6 is 11.6 Å². The summed E-state index contributed by atoms with van der Waals surface area (Å²) in [5, 5.41) is 22.4. The first-order valence-corrected chi connectivity index (χ1v) is 9.65. The molecule has 0 bridgehead atoms. The highest BCUT2D eigenvalue weighted by atomic mass is 35.5. The fourth-order valence-electron chi connectivity index (χ4n) is 3.85. The van der Waals surface area contributed by atoms with Crippen LogP contribution in [0.3, 0.4) is 0 Å². The van der Waals surface area contributed by atoms with Crippen molar-refractivity contribution in [3.05, 3.63) is 52.9 Å². The molecule has 0 spiro atoms. The topological polar surface area (TPSA) is 102 Å². The zero-order chi connectivity index (χ0) is 19.7. The number of carbonyl (C=O) groups is 1. The van der Waals surface area contributed by atoms with Crippen LogP contribution in [0, 0.1) is 17.2 Å². The third kappa shape index (κ3) is 3.60. The Kier molecular flexibility index (Phi) is 4.82. The predicted octanol–water partition coefficient (Wildman–Crippen LogP) is 3.90. The molecule has 7 nitrogen and oxygen atoms in total. The van der Waals surface area contributed by atoms with Gasteiger partial charge in [0.2, 0.25) is 0 Å². The second-order valence-electron chi connectivity index (χ2n) is 7.42. The first-order valence-electron chi connectivity index (χ1n) is 9.27. The average Bonchev–Trinajstić information content (AvgIpc) is 3.60. The van der Waals surface area contributed by atoms with Gasteiger partial charge in [0.1, 0.15) is 11.9 Å². The van der Waals surface area contributed by atoms with Crippen LogP contribution in [0.2, 0.25) is 5.15 Å². The maximum atomic E-state index is 12.1. The van der Waals surface area contributed by atoms with Crippen molar-refractivity contribution in [2.75, 3.05) is 5.32 Å². The summed E-state index contributed by atoms with van der Waals surface area (Å²) in [7, 11) is 0. The van der Waals surface area contributed by atoms with Crippen LogP contribution in [0.25, 0.3) is 0 Å². The Hall–Kier alpha value is -2.85. The lowest BCUT2D eigenvalue weighted by Crippen LogP contribution is -2.52. The highest BCUT2D eigenvalue weighted by Gasteiger charge is 2.59. The van der Waals surface area contributed by atoms with Gasteiger partial charge in [0.15, 0.2) is 10.8 Å². The van der Waals surface area contributed by atoms with Gasteiger partial charge in [0.25, 0.3) is 0 Å². The number of benzene rings is 1. The molecule has 28 heavy (non-hydrogen) atoms. The molecule has 2 N–H and O–H groups in total. The Labute approximate surface area is 168 Å². The summed E-state index contributed by atoms with van der Waals surface area (Å²) in [6.45, 7) is 0.348. The minimum absolute atomic E-state index is 0.0475. The highest BCUT2D eigenvalue weighted by Crippen LogP contribution is 2.53. The predicted molar refractivity (Wildman–Crippen MR) is 104 cm³/mol. The van der Waals surface area contributed by atoms with E-state index in [2.05, 4.69) is 15.3 Å². The monoisotopic (exact) mass is 397 g/mol. The van der Waals surface area contributed by atoms with Gasteiger partial charge in [-0.1, -0.05) is 41.9 Å². The smallest absolute Gasteiger partial charge is 0.408 e. The number of hydrogen-bond acceptors (Lipinski definition) is 5. The second-order valence-corrected chi connectivity index (χ2v) is 7.78. The third-order valence-electron chi connectivity index (χ3n) is 5.53. The number of nitriles is 1. The van der Waals surface area contributed by atoms with E-state index < -0.39 is 11.6 Å². The van der Waals surface area contributed by atoms with E-state index >= 15 is 0 Å². The minimum atomic E-state index is -0.919. The second kappa shape index (κ2) is 7.28. The van der Waals surface area contributed by atoms with Crippen LogP contribution < -0.4 is 5.32 Å². The van der Waals surface area contributed by atoms with Gasteiger partial charge in [0, 0.05) is 6.54 Å². The number of nitrogens with one attached hydrogen (secondary N) is 1. The van der Waals surface area contributed by atoms with E-state index in [9.17, 15) is 9.90 Å². The van der Waals surface area contributed by atoms with Gasteiger partial charge in [-0.2, -0.15) is 5.26 Å². The molecule has 1 aromatic heterocycles. The van der Waals surface area contributed by atoms with E-state index in [1.807, 2.05) is 36.4 Å². The van der Waals surface area contributed by atoms with E-state index in [4.69, 9.17) is 16.9 Å². The number of rotatable bonds is 7. The van der Waals surface area contributed by atoms with Crippen LogP contribution in [0.15, 0.2) is 36.5 Å². The quantitative estimate of drug-likeness (QED) is 0.734. The van der Waals surface area contributed by atoms with Gasteiger partial charge in [0.05, 0.1) is 17.8 Å². The van der Waals surface area contributed by atoms with E-state index in [1.54, 1.807) is 4.90 Å². The normalized spacial score (nSPS) is 18.0. The highest BCUT2D eigenvalue weighted by molar-refractivity contribution is 6.30. The molecule has 2 saturated carbocycles. The summed E-state index contributed by atoms with van der Waals surface area (Å²) in [4.78, 5) is 22.0. The summed E-state index contributed by atoms with van der Waals surface area (Å²) < 4.78 is 0. The summed E-state index contributed by atoms with van der Waals surface area (Å²) in [6, 6.07) is 11.5. The van der Waals surface area contributed by atoms with Crippen LogP contribution in [-0.4, -0.2) is 37.6 Å². The molecule has 4 rings (SSSR count). The van der Waals surface area contributed by atoms with Gasteiger partial charge < -0.3 is 10.4 Å². The van der Waals surface area contributed by atoms with E-state index in [-0.39, 0.29) is 16.9 Å². The molecule has 0 saturated heterocycles. The summed E-state index contributed by atoms with van der Waals surface area (Å²) >= 11 is 6.02. The Balaban J connectivity index is 1.60. The Morgan fingerprint density at radius 3 is 2.64 bits per heavy atom. The number of amides is 1. The zero-order valence-corrected chi connectivity index (χ0v) is 15.9. The average molecular weight is 398 g/mol. The SMILES string of the molecule is N#Cc1ncc(N[C@H](C2CC2)C2(N(Cc3ccccc3)C(=O)O)CC2)nc1Cl. The first kappa shape index (κ1) is 18.5. The molecular formula is C20H20ClN5O2. The standard InChI is InChI=1S/C20H20ClN5O2/c21-18-15(10-22)23-11-16(25-18)24-17(14-6-7-14)20(8-9-20)26(19(27)28)12-13-4-2-1-3-5-13/h1-5,11,14,17H,6-9,12H2,(H,24,25)(H,27,28)/t17-/m1/s1. The molecule has 1 atom stereocenters. The minimum Gasteiger partial charge on any atom is -0.465 e. The molecular weight excluding hydrogens is 378 g/mol. The van der Waals surface area contributed by atoms with Gasteiger partial charge in [-0.3, -0.25) is 4.90 Å². The molecule has 1 amide bonds. The van der Waals surface area contributed by atoms with Crippen molar-refractivity contribution in [1.29, 1.82) is 5.26 Å². The number of carboxylic acid groups (broad SMARTS) is 1. The molecule has 2 aromatic rings. The van der Waals surface area contributed by atoms with Crippen molar-refractivity contribution in [3.8, 4) is 6.07 Å². The summed E-state index contributed by atoms with van der Waals surface area (Å²) in [5.41, 5.74) is 0.574. The molecule has 144 valence electrons. The molecule has 1 aromatic carbocycles. The fourth-order valence-corrected chi connectivity index (χ4v) is 4.03. The van der Waals surface area contributed by atoms with Gasteiger partial charge in [-0.05, 0) is 37.2 Å². The van der Waals surface area contributed by atoms with Crippen molar-refractivity contribution in [1.82, 2.24) is 14.9 Å². The maximum Gasteiger partial charge on any atom is 0.408 e. The van der Waals surface area contributed by atoms with Crippen LogP contribution in [0.1, 0.15) is 36.9 Å². The Bertz CT molecular complexity index is 922. The molecule has 0 unspecified atom stereocenters. The number of nitrogens with zero attached hydrogens (tertiary/aromatic N) is 4. The lowest BCUT2D eigenvalue weighted by molar-refractivity contribution is 0.102. The maximum absolute atomic E-state index is 12.1. The Morgan fingerprint density at radius 2 is 2.11 bits per heavy atom. The van der Waals surface area contributed by atoms with Crippen molar-refractivity contribution in [3.63, 3.8) is 0 Å².